The summed E-state index contributed by atoms with van der Waals surface area (Å²) >= 11 is 0. The van der Waals surface area contributed by atoms with Crippen LogP contribution in [-0.4, -0.2) is 22.2 Å². The van der Waals surface area contributed by atoms with Crippen molar-refractivity contribution >= 4 is 11.7 Å². The lowest BCUT2D eigenvalue weighted by Gasteiger charge is -2.05. The van der Waals surface area contributed by atoms with Crippen LogP contribution in [-0.2, 0) is 6.42 Å². The van der Waals surface area contributed by atoms with E-state index in [0.717, 1.165) is 11.3 Å². The molecule has 150 valence electrons. The number of hydrogen-bond acceptors (Lipinski definition) is 5. The molecule has 2 aromatic heterocycles. The van der Waals surface area contributed by atoms with Crippen LogP contribution in [0.15, 0.2) is 28.7 Å². The van der Waals surface area contributed by atoms with Crippen LogP contribution in [0.1, 0.15) is 45.1 Å². The van der Waals surface area contributed by atoms with E-state index in [1.54, 1.807) is 19.1 Å². The summed E-state index contributed by atoms with van der Waals surface area (Å²) in [5, 5.41) is 16.7. The van der Waals surface area contributed by atoms with Gasteiger partial charge in [0.05, 0.1) is 16.9 Å². The van der Waals surface area contributed by atoms with Gasteiger partial charge in [-0.2, -0.15) is 10.4 Å². The first-order valence-electron chi connectivity index (χ1n) is 9.21. The molecule has 0 atom stereocenters. The highest BCUT2D eigenvalue weighted by Crippen LogP contribution is 2.22. The second-order valence-corrected chi connectivity index (χ2v) is 6.78. The van der Waals surface area contributed by atoms with Crippen molar-refractivity contribution < 1.29 is 13.6 Å². The predicted molar refractivity (Wildman–Crippen MR) is 106 cm³/mol. The molecule has 0 aliphatic carbocycles. The van der Waals surface area contributed by atoms with Crippen molar-refractivity contribution in [3.8, 4) is 11.8 Å². The van der Waals surface area contributed by atoms with Gasteiger partial charge >= 0.3 is 0 Å². The van der Waals surface area contributed by atoms with E-state index in [1.807, 2.05) is 13.8 Å². The van der Waals surface area contributed by atoms with Crippen molar-refractivity contribution in [3.05, 3.63) is 64.0 Å². The molecule has 0 saturated carbocycles. The van der Waals surface area contributed by atoms with Gasteiger partial charge in [-0.05, 0) is 57.9 Å². The van der Waals surface area contributed by atoms with Gasteiger partial charge in [0, 0.05) is 12.1 Å². The topological polar surface area (TPSA) is 110 Å². The highest BCUT2D eigenvalue weighted by Gasteiger charge is 2.19. The number of nitrogen functional groups attached to an aromatic ring is 1. The molecular formula is C21H22FN5O2. The molecule has 1 amide bonds. The van der Waals surface area contributed by atoms with Crippen LogP contribution in [0.2, 0.25) is 0 Å². The SMILES string of the molecule is Cc1oc(C)c(C(=O)NCCCc2nn(-c3ccc(F)cc3)c(N)c2C#N)c1C. The smallest absolute Gasteiger partial charge is 0.255 e. The van der Waals surface area contributed by atoms with Gasteiger partial charge in [0.2, 0.25) is 0 Å². The summed E-state index contributed by atoms with van der Waals surface area (Å²) < 4.78 is 20.1. The monoisotopic (exact) mass is 395 g/mol. The fourth-order valence-corrected chi connectivity index (χ4v) is 3.23. The van der Waals surface area contributed by atoms with Crippen molar-refractivity contribution in [2.45, 2.75) is 33.6 Å². The molecule has 7 nitrogen and oxygen atoms in total. The fourth-order valence-electron chi connectivity index (χ4n) is 3.23. The van der Waals surface area contributed by atoms with E-state index in [2.05, 4.69) is 16.5 Å². The Morgan fingerprint density at radius 3 is 2.55 bits per heavy atom. The Morgan fingerprint density at radius 2 is 1.97 bits per heavy atom. The molecule has 0 saturated heterocycles. The van der Waals surface area contributed by atoms with Crippen LogP contribution in [0.25, 0.3) is 5.69 Å². The van der Waals surface area contributed by atoms with Gasteiger partial charge < -0.3 is 15.5 Å². The van der Waals surface area contributed by atoms with Gasteiger partial charge in [-0.3, -0.25) is 4.79 Å². The molecule has 0 aliphatic heterocycles. The number of nitrogens with two attached hydrogens (primary N) is 1. The molecule has 0 fully saturated rings. The maximum atomic E-state index is 13.1. The molecule has 3 N–H and O–H groups in total. The molecule has 2 heterocycles. The summed E-state index contributed by atoms with van der Waals surface area (Å²) in [6.45, 7) is 5.85. The summed E-state index contributed by atoms with van der Waals surface area (Å²) in [6.07, 6.45) is 1.04. The first-order chi connectivity index (χ1) is 13.8. The molecule has 8 heteroatoms. The fraction of sp³-hybridized carbons (Fsp3) is 0.286. The largest absolute Gasteiger partial charge is 0.466 e. The number of carbonyl (C=O) groups excluding carboxylic acids is 1. The Morgan fingerprint density at radius 1 is 1.28 bits per heavy atom. The standard InChI is InChI=1S/C21H22FN5O2/c1-12-13(2)29-14(3)19(12)21(28)25-10-4-5-18-17(11-23)20(24)27(26-18)16-8-6-15(22)7-9-16/h6-9H,4-5,10,24H2,1-3H3,(H,25,28). The Labute approximate surface area is 167 Å². The lowest BCUT2D eigenvalue weighted by atomic mass is 10.1. The zero-order valence-electron chi connectivity index (χ0n) is 16.5. The molecule has 3 aromatic rings. The molecule has 29 heavy (non-hydrogen) atoms. The number of hydrogen-bond donors (Lipinski definition) is 2. The van der Waals surface area contributed by atoms with Gasteiger partial charge in [0.15, 0.2) is 0 Å². The van der Waals surface area contributed by atoms with Gasteiger partial charge in [-0.15, -0.1) is 0 Å². The number of benzene rings is 1. The van der Waals surface area contributed by atoms with Crippen molar-refractivity contribution in [1.29, 1.82) is 5.26 Å². The van der Waals surface area contributed by atoms with E-state index in [4.69, 9.17) is 10.2 Å². The minimum Gasteiger partial charge on any atom is -0.466 e. The van der Waals surface area contributed by atoms with Gasteiger partial charge in [-0.25, -0.2) is 9.07 Å². The van der Waals surface area contributed by atoms with Crippen LogP contribution in [0.5, 0.6) is 0 Å². The van der Waals surface area contributed by atoms with Crippen molar-refractivity contribution in [1.82, 2.24) is 15.1 Å². The summed E-state index contributed by atoms with van der Waals surface area (Å²) in [7, 11) is 0. The van der Waals surface area contributed by atoms with Crippen LogP contribution in [0.3, 0.4) is 0 Å². The number of halogens is 1. The van der Waals surface area contributed by atoms with Gasteiger partial charge in [0.1, 0.15) is 34.8 Å². The van der Waals surface area contributed by atoms with Crippen molar-refractivity contribution in [3.63, 3.8) is 0 Å². The van der Waals surface area contributed by atoms with Crippen LogP contribution >= 0.6 is 0 Å². The first kappa shape index (κ1) is 20.1. The third-order valence-corrected chi connectivity index (χ3v) is 4.84. The van der Waals surface area contributed by atoms with Gasteiger partial charge in [0.25, 0.3) is 5.91 Å². The quantitative estimate of drug-likeness (QED) is 0.622. The maximum absolute atomic E-state index is 13.1. The molecule has 0 bridgehead atoms. The molecule has 3 rings (SSSR count). The number of nitrogens with zero attached hydrogens (tertiary/aromatic N) is 3. The number of furan rings is 1. The van der Waals surface area contributed by atoms with E-state index >= 15 is 0 Å². The Bertz CT molecular complexity index is 1090. The molecule has 1 aromatic carbocycles. The van der Waals surface area contributed by atoms with Crippen molar-refractivity contribution in [2.75, 3.05) is 12.3 Å². The number of rotatable bonds is 6. The average Bonchev–Trinajstić information content (AvgIpc) is 3.14. The highest BCUT2D eigenvalue weighted by molar-refractivity contribution is 5.96. The van der Waals surface area contributed by atoms with E-state index in [0.29, 0.717) is 42.1 Å². The summed E-state index contributed by atoms with van der Waals surface area (Å²) in [5.41, 5.74) is 8.84. The second kappa shape index (κ2) is 8.19. The van der Waals surface area contributed by atoms with Crippen LogP contribution in [0.4, 0.5) is 10.2 Å². The van der Waals surface area contributed by atoms with E-state index < -0.39 is 0 Å². The van der Waals surface area contributed by atoms with E-state index in [-0.39, 0.29) is 23.1 Å². The number of carbonyl (C=O) groups is 1. The van der Waals surface area contributed by atoms with E-state index in [1.165, 1.54) is 16.8 Å². The normalized spacial score (nSPS) is 10.7. The molecule has 0 radical (unpaired) electrons. The van der Waals surface area contributed by atoms with Gasteiger partial charge in [-0.1, -0.05) is 0 Å². The van der Waals surface area contributed by atoms with E-state index in [9.17, 15) is 14.4 Å². The lowest BCUT2D eigenvalue weighted by molar-refractivity contribution is 0.0951. The number of nitrogens with one attached hydrogen (secondary N) is 1. The Hall–Kier alpha value is -3.60. The Kier molecular flexibility index (Phi) is 5.69. The highest BCUT2D eigenvalue weighted by atomic mass is 19.1. The summed E-state index contributed by atoms with van der Waals surface area (Å²) in [6, 6.07) is 7.77. The minimum atomic E-state index is -0.366. The number of aromatic nitrogens is 2. The number of aryl methyl sites for hydroxylation is 3. The third kappa shape index (κ3) is 3.99. The second-order valence-electron chi connectivity index (χ2n) is 6.78. The Balaban J connectivity index is 1.66. The first-order valence-corrected chi connectivity index (χ1v) is 9.21. The minimum absolute atomic E-state index is 0.186. The number of nitriles is 1. The van der Waals surface area contributed by atoms with Crippen LogP contribution < -0.4 is 11.1 Å². The molecular weight excluding hydrogens is 373 g/mol. The molecule has 0 spiro atoms. The average molecular weight is 395 g/mol. The summed E-state index contributed by atoms with van der Waals surface area (Å²) in [5.74, 6) is 0.976. The molecule has 0 aliphatic rings. The van der Waals surface area contributed by atoms with Crippen molar-refractivity contribution in [2.24, 2.45) is 0 Å². The zero-order valence-corrected chi connectivity index (χ0v) is 16.5. The zero-order chi connectivity index (χ0) is 21.1. The third-order valence-electron chi connectivity index (χ3n) is 4.84. The lowest BCUT2D eigenvalue weighted by Crippen LogP contribution is -2.25. The van der Waals surface area contributed by atoms with Crippen LogP contribution in [0, 0.1) is 37.9 Å². The summed E-state index contributed by atoms with van der Waals surface area (Å²) in [4.78, 5) is 12.4. The molecule has 0 unspecified atom stereocenters. The number of anilines is 1. The number of amides is 1. The maximum Gasteiger partial charge on any atom is 0.255 e. The predicted octanol–water partition coefficient (Wildman–Crippen LogP) is 3.35.